The largest absolute Gasteiger partial charge is 0.388 e. The minimum Gasteiger partial charge on any atom is -0.388 e. The van der Waals surface area contributed by atoms with Gasteiger partial charge in [-0.2, -0.15) is 0 Å². The number of aliphatic hydroxyl groups is 2. The minimum atomic E-state index is -1.63. The zero-order valence-electron chi connectivity index (χ0n) is 19.1. The van der Waals surface area contributed by atoms with Crippen LogP contribution in [-0.2, 0) is 4.74 Å². The molecule has 32 heavy (non-hydrogen) atoms. The summed E-state index contributed by atoms with van der Waals surface area (Å²) in [5, 5.41) is 21.8. The molecule has 0 amide bonds. The van der Waals surface area contributed by atoms with Crippen molar-refractivity contribution in [3.63, 3.8) is 0 Å². The number of alkyl halides is 1. The molecule has 0 radical (unpaired) electrons. The Bertz CT molecular complexity index is 1010. The summed E-state index contributed by atoms with van der Waals surface area (Å²) in [7, 11) is 3.83. The van der Waals surface area contributed by atoms with E-state index in [0.29, 0.717) is 31.3 Å². The van der Waals surface area contributed by atoms with Crippen molar-refractivity contribution < 1.29 is 19.3 Å². The lowest BCUT2D eigenvalue weighted by molar-refractivity contribution is -0.239. The van der Waals surface area contributed by atoms with Crippen molar-refractivity contribution in [1.82, 2.24) is 9.88 Å². The molecule has 2 saturated carbocycles. The second-order valence-electron chi connectivity index (χ2n) is 11.2. The van der Waals surface area contributed by atoms with Crippen LogP contribution in [0.25, 0.3) is 5.57 Å². The fraction of sp³-hybridized carbons (Fsp3) is 0.654. The van der Waals surface area contributed by atoms with Gasteiger partial charge in [-0.05, 0) is 93.0 Å². The molecule has 1 aromatic rings. The summed E-state index contributed by atoms with van der Waals surface area (Å²) in [5.74, 6) is 0.0379. The summed E-state index contributed by atoms with van der Waals surface area (Å²) in [6, 6.07) is 3.86. The van der Waals surface area contributed by atoms with E-state index in [1.807, 2.05) is 43.5 Å². The molecule has 0 aromatic carbocycles. The molecule has 2 aliphatic heterocycles. The lowest BCUT2D eigenvalue weighted by atomic mass is 9.53. The number of aromatic nitrogens is 1. The number of rotatable bonds is 2. The van der Waals surface area contributed by atoms with Crippen molar-refractivity contribution in [2.45, 2.75) is 80.6 Å². The van der Waals surface area contributed by atoms with Gasteiger partial charge in [0.25, 0.3) is 0 Å². The average Bonchev–Trinajstić information content (AvgIpc) is 3.30. The minimum absolute atomic E-state index is 0.0379. The third-order valence-corrected chi connectivity index (χ3v) is 9.63. The molecule has 5 nitrogen and oxygen atoms in total. The first-order valence-electron chi connectivity index (χ1n) is 11.9. The number of allylic oxidation sites excluding steroid dienone is 2. The highest BCUT2D eigenvalue weighted by Crippen LogP contribution is 2.71. The number of ether oxygens (including phenoxy) is 1. The predicted octanol–water partition coefficient (Wildman–Crippen LogP) is 3.28. The van der Waals surface area contributed by atoms with E-state index in [4.69, 9.17) is 4.74 Å². The van der Waals surface area contributed by atoms with E-state index in [1.54, 1.807) is 6.08 Å². The number of likely N-dealkylation sites (N-methyl/N-ethyl adjacent to an activating group) is 1. The number of hydrogen-bond donors (Lipinski definition) is 2. The Hall–Kier alpha value is -1.60. The number of hydrogen-bond acceptors (Lipinski definition) is 5. The van der Waals surface area contributed by atoms with Crippen LogP contribution in [0.2, 0.25) is 0 Å². The number of pyridine rings is 1. The maximum absolute atomic E-state index is 16.9. The molecule has 8 atom stereocenters. The number of fused-ring (bicyclic) bond motifs is 1. The highest BCUT2D eigenvalue weighted by atomic mass is 19.1. The quantitative estimate of drug-likeness (QED) is 0.691. The van der Waals surface area contributed by atoms with Crippen molar-refractivity contribution >= 4 is 5.57 Å². The summed E-state index contributed by atoms with van der Waals surface area (Å²) in [4.78, 5) is 6.12. The van der Waals surface area contributed by atoms with Crippen LogP contribution in [0.5, 0.6) is 0 Å². The van der Waals surface area contributed by atoms with Gasteiger partial charge in [0.05, 0.1) is 11.7 Å². The average molecular weight is 441 g/mol. The van der Waals surface area contributed by atoms with Crippen LogP contribution in [0.3, 0.4) is 0 Å². The molecule has 2 bridgehead atoms. The molecular weight excluding hydrogens is 407 g/mol. The Balaban J connectivity index is 1.44. The molecule has 2 N–H and O–H groups in total. The Morgan fingerprint density at radius 2 is 1.88 bits per heavy atom. The zero-order valence-corrected chi connectivity index (χ0v) is 19.1. The van der Waals surface area contributed by atoms with Crippen LogP contribution in [0.4, 0.5) is 4.39 Å². The number of aliphatic hydroxyl groups excluding tert-OH is 2. The maximum atomic E-state index is 16.9. The fourth-order valence-corrected chi connectivity index (χ4v) is 7.96. The van der Waals surface area contributed by atoms with Crippen LogP contribution >= 0.6 is 0 Å². The summed E-state index contributed by atoms with van der Waals surface area (Å²) in [5.41, 5.74) is -0.361. The van der Waals surface area contributed by atoms with Gasteiger partial charge in [0.2, 0.25) is 0 Å². The Morgan fingerprint density at radius 1 is 1.12 bits per heavy atom. The van der Waals surface area contributed by atoms with Crippen LogP contribution < -0.4 is 0 Å². The third kappa shape index (κ3) is 2.39. The van der Waals surface area contributed by atoms with Crippen molar-refractivity contribution in [3.05, 3.63) is 47.8 Å². The van der Waals surface area contributed by atoms with Crippen molar-refractivity contribution in [3.8, 4) is 0 Å². The lowest BCUT2D eigenvalue weighted by Crippen LogP contribution is -2.68. The SMILES string of the molecule is CN(C)[C@H]1C[C@@]23CC[C@]4(O2)C2CC=C(c5ccncc5)[C@@]2(C)CCC4(F)C=C3[C@@H](O)[C@@H]1O. The van der Waals surface area contributed by atoms with Crippen LogP contribution in [0.15, 0.2) is 42.3 Å². The highest BCUT2D eigenvalue weighted by Gasteiger charge is 2.74. The first-order chi connectivity index (χ1) is 15.2. The Morgan fingerprint density at radius 3 is 2.59 bits per heavy atom. The van der Waals surface area contributed by atoms with E-state index in [-0.39, 0.29) is 17.4 Å². The van der Waals surface area contributed by atoms with E-state index in [2.05, 4.69) is 18.0 Å². The second kappa shape index (κ2) is 6.50. The van der Waals surface area contributed by atoms with Gasteiger partial charge in [-0.1, -0.05) is 13.0 Å². The molecule has 6 rings (SSSR count). The zero-order chi connectivity index (χ0) is 22.5. The third-order valence-electron chi connectivity index (χ3n) is 9.63. The molecule has 5 aliphatic rings. The predicted molar refractivity (Wildman–Crippen MR) is 119 cm³/mol. The smallest absolute Gasteiger partial charge is 0.158 e. The molecule has 172 valence electrons. The summed E-state index contributed by atoms with van der Waals surface area (Å²) < 4.78 is 23.9. The highest BCUT2D eigenvalue weighted by molar-refractivity contribution is 5.73. The lowest BCUT2D eigenvalue weighted by Gasteiger charge is -2.60. The molecule has 3 aliphatic carbocycles. The molecule has 2 unspecified atom stereocenters. The van der Waals surface area contributed by atoms with Crippen molar-refractivity contribution in [2.24, 2.45) is 11.3 Å². The number of nitrogens with zero attached hydrogens (tertiary/aromatic N) is 2. The van der Waals surface area contributed by atoms with Crippen molar-refractivity contribution in [1.29, 1.82) is 0 Å². The molecule has 1 aromatic heterocycles. The monoisotopic (exact) mass is 440 g/mol. The second-order valence-corrected chi connectivity index (χ2v) is 11.2. The maximum Gasteiger partial charge on any atom is 0.158 e. The standard InChI is InChI=1S/C26H33FN2O3/c1-23-8-10-25(27)14-18-21(30)22(31)19(29(2)3)15-24(18)9-11-26(25,32-24)20(23)5-4-17(23)16-6-12-28-13-7-16/h4,6-7,12-14,19-22,30-31H,5,8-11,15H2,1-3H3/t19-,20?,21+,22+,23+,24+,25?,26-/m0/s1. The van der Waals surface area contributed by atoms with E-state index >= 15 is 4.39 Å². The van der Waals surface area contributed by atoms with Gasteiger partial charge in [0.1, 0.15) is 11.7 Å². The molecule has 2 spiro atoms. The molecule has 1 saturated heterocycles. The molecule has 3 fully saturated rings. The van der Waals surface area contributed by atoms with Crippen LogP contribution in [-0.4, -0.2) is 69.3 Å². The normalized spacial score (nSPS) is 49.2. The number of halogens is 1. The topological polar surface area (TPSA) is 65.8 Å². The Labute approximate surface area is 189 Å². The molecule has 6 heteroatoms. The van der Waals surface area contributed by atoms with Crippen LogP contribution in [0, 0.1) is 11.3 Å². The van der Waals surface area contributed by atoms with Gasteiger partial charge < -0.3 is 19.8 Å². The Kier molecular flexibility index (Phi) is 4.26. The first kappa shape index (κ1) is 21.0. The summed E-state index contributed by atoms with van der Waals surface area (Å²) >= 11 is 0. The van der Waals surface area contributed by atoms with E-state index < -0.39 is 29.1 Å². The fourth-order valence-electron chi connectivity index (χ4n) is 7.96. The van der Waals surface area contributed by atoms with E-state index in [9.17, 15) is 10.2 Å². The summed E-state index contributed by atoms with van der Waals surface area (Å²) in [6.07, 6.45) is 9.37. The first-order valence-corrected chi connectivity index (χ1v) is 11.9. The van der Waals surface area contributed by atoms with E-state index in [0.717, 1.165) is 18.4 Å². The van der Waals surface area contributed by atoms with Gasteiger partial charge in [0, 0.05) is 24.4 Å². The molecular formula is C26H33FN2O3. The van der Waals surface area contributed by atoms with Gasteiger partial charge in [0.15, 0.2) is 5.67 Å². The van der Waals surface area contributed by atoms with Crippen molar-refractivity contribution in [2.75, 3.05) is 14.1 Å². The summed E-state index contributed by atoms with van der Waals surface area (Å²) in [6.45, 7) is 2.28. The van der Waals surface area contributed by atoms with Crippen LogP contribution in [0.1, 0.15) is 51.0 Å². The van der Waals surface area contributed by atoms with Gasteiger partial charge in [-0.15, -0.1) is 0 Å². The van der Waals surface area contributed by atoms with Gasteiger partial charge in [-0.3, -0.25) is 4.98 Å². The van der Waals surface area contributed by atoms with Gasteiger partial charge in [-0.25, -0.2) is 4.39 Å². The van der Waals surface area contributed by atoms with E-state index in [1.165, 1.54) is 5.57 Å². The van der Waals surface area contributed by atoms with Gasteiger partial charge >= 0.3 is 0 Å². The molecule has 3 heterocycles.